The third-order valence-electron chi connectivity index (χ3n) is 3.45. The molecular formula is C16H12ClN3O3S. The van der Waals surface area contributed by atoms with Crippen LogP contribution in [0.25, 0.3) is 10.2 Å². The van der Waals surface area contributed by atoms with Gasteiger partial charge in [0.15, 0.2) is 5.13 Å². The summed E-state index contributed by atoms with van der Waals surface area (Å²) in [5, 5.41) is 14.3. The standard InChI is InChI=1S/C16H12ClN3O3S/c1-8-5-9(2)14-13(6-8)24-16(18-14)19-15(21)11-4-3-10(17)7-12(11)20(22)23/h3-7H,1-2H3,(H,18,19,21). The fraction of sp³-hybridized carbons (Fsp3) is 0.125. The number of anilines is 1. The summed E-state index contributed by atoms with van der Waals surface area (Å²) in [4.78, 5) is 27.3. The topological polar surface area (TPSA) is 85.1 Å². The first-order chi connectivity index (χ1) is 11.3. The Hall–Kier alpha value is -2.51. The maximum absolute atomic E-state index is 12.4. The second kappa shape index (κ2) is 6.18. The van der Waals surface area contributed by atoms with Crippen molar-refractivity contribution in [2.24, 2.45) is 0 Å². The van der Waals surface area contributed by atoms with Gasteiger partial charge in [-0.25, -0.2) is 4.98 Å². The van der Waals surface area contributed by atoms with Crippen molar-refractivity contribution in [1.82, 2.24) is 4.98 Å². The van der Waals surface area contributed by atoms with Crippen LogP contribution in [0.1, 0.15) is 21.5 Å². The number of amides is 1. The summed E-state index contributed by atoms with van der Waals surface area (Å²) in [5.41, 5.74) is 2.53. The van der Waals surface area contributed by atoms with Crippen LogP contribution < -0.4 is 5.32 Å². The van der Waals surface area contributed by atoms with E-state index in [4.69, 9.17) is 11.6 Å². The smallest absolute Gasteiger partial charge is 0.283 e. The fourth-order valence-electron chi connectivity index (χ4n) is 2.44. The Kier molecular flexibility index (Phi) is 4.21. The molecule has 0 bridgehead atoms. The lowest BCUT2D eigenvalue weighted by atomic mass is 10.1. The molecule has 0 aliphatic rings. The number of rotatable bonds is 3. The Morgan fingerprint density at radius 2 is 2.04 bits per heavy atom. The van der Waals surface area contributed by atoms with Gasteiger partial charge in [-0.05, 0) is 43.2 Å². The number of aryl methyl sites for hydroxylation is 2. The summed E-state index contributed by atoms with van der Waals surface area (Å²) in [6.45, 7) is 3.94. The largest absolute Gasteiger partial charge is 0.298 e. The van der Waals surface area contributed by atoms with Crippen molar-refractivity contribution in [3.05, 3.63) is 62.2 Å². The van der Waals surface area contributed by atoms with Crippen molar-refractivity contribution >= 4 is 49.9 Å². The van der Waals surface area contributed by atoms with Gasteiger partial charge in [0.05, 0.1) is 15.1 Å². The minimum Gasteiger partial charge on any atom is -0.298 e. The highest BCUT2D eigenvalue weighted by Crippen LogP contribution is 2.30. The molecule has 0 spiro atoms. The van der Waals surface area contributed by atoms with Gasteiger partial charge in [0.1, 0.15) is 5.56 Å². The number of nitrogens with zero attached hydrogens (tertiary/aromatic N) is 2. The second-order valence-electron chi connectivity index (χ2n) is 5.32. The minimum absolute atomic E-state index is 0.0587. The lowest BCUT2D eigenvalue weighted by Crippen LogP contribution is -2.13. The summed E-state index contributed by atoms with van der Waals surface area (Å²) < 4.78 is 0.952. The highest BCUT2D eigenvalue weighted by Gasteiger charge is 2.21. The average molecular weight is 362 g/mol. The van der Waals surface area contributed by atoms with Crippen LogP contribution >= 0.6 is 22.9 Å². The zero-order chi connectivity index (χ0) is 17.4. The molecule has 0 radical (unpaired) electrons. The van der Waals surface area contributed by atoms with Crippen molar-refractivity contribution < 1.29 is 9.72 Å². The number of nitrogens with one attached hydrogen (secondary N) is 1. The minimum atomic E-state index is -0.632. The Labute approximate surface area is 146 Å². The van der Waals surface area contributed by atoms with Crippen LogP contribution in [0.3, 0.4) is 0 Å². The van der Waals surface area contributed by atoms with Crippen molar-refractivity contribution in [3.63, 3.8) is 0 Å². The van der Waals surface area contributed by atoms with Crippen LogP contribution in [0.4, 0.5) is 10.8 Å². The molecule has 1 heterocycles. The molecule has 0 saturated carbocycles. The van der Waals surface area contributed by atoms with Gasteiger partial charge in [0, 0.05) is 11.1 Å². The van der Waals surface area contributed by atoms with Crippen LogP contribution in [-0.2, 0) is 0 Å². The van der Waals surface area contributed by atoms with Crippen molar-refractivity contribution in [3.8, 4) is 0 Å². The maximum Gasteiger partial charge on any atom is 0.283 e. The summed E-state index contributed by atoms with van der Waals surface area (Å²) in [6, 6.07) is 7.92. The number of carbonyl (C=O) groups excluding carboxylic acids is 1. The van der Waals surface area contributed by atoms with E-state index in [-0.39, 0.29) is 16.3 Å². The van der Waals surface area contributed by atoms with E-state index in [0.717, 1.165) is 27.4 Å². The molecule has 24 heavy (non-hydrogen) atoms. The lowest BCUT2D eigenvalue weighted by molar-refractivity contribution is -0.385. The predicted molar refractivity (Wildman–Crippen MR) is 95.2 cm³/mol. The van der Waals surface area contributed by atoms with Crippen LogP contribution in [0, 0.1) is 24.0 Å². The Balaban J connectivity index is 1.96. The molecule has 1 N–H and O–H groups in total. The predicted octanol–water partition coefficient (Wildman–Crippen LogP) is 4.73. The van der Waals surface area contributed by atoms with Gasteiger partial charge in [-0.1, -0.05) is 29.0 Å². The van der Waals surface area contributed by atoms with Crippen molar-refractivity contribution in [2.45, 2.75) is 13.8 Å². The quantitative estimate of drug-likeness (QED) is 0.540. The normalized spacial score (nSPS) is 10.8. The fourth-order valence-corrected chi connectivity index (χ4v) is 3.64. The number of hydrogen-bond acceptors (Lipinski definition) is 5. The third-order valence-corrected chi connectivity index (χ3v) is 4.60. The van der Waals surface area contributed by atoms with Gasteiger partial charge < -0.3 is 0 Å². The number of halogens is 1. The molecule has 0 unspecified atom stereocenters. The maximum atomic E-state index is 12.4. The van der Waals surface area contributed by atoms with E-state index < -0.39 is 10.8 Å². The molecule has 0 aliphatic heterocycles. The molecule has 3 aromatic rings. The number of fused-ring (bicyclic) bond motifs is 1. The average Bonchev–Trinajstić information content (AvgIpc) is 2.89. The van der Waals surface area contributed by atoms with Crippen LogP contribution in [0.5, 0.6) is 0 Å². The molecule has 0 aliphatic carbocycles. The molecule has 0 atom stereocenters. The zero-order valence-electron chi connectivity index (χ0n) is 12.8. The summed E-state index contributed by atoms with van der Waals surface area (Å²) in [7, 11) is 0. The van der Waals surface area contributed by atoms with Gasteiger partial charge in [-0.15, -0.1) is 0 Å². The monoisotopic (exact) mass is 361 g/mol. The van der Waals surface area contributed by atoms with E-state index in [2.05, 4.69) is 10.3 Å². The molecule has 6 nitrogen and oxygen atoms in total. The first-order valence-electron chi connectivity index (χ1n) is 6.98. The highest BCUT2D eigenvalue weighted by molar-refractivity contribution is 7.22. The molecule has 3 rings (SSSR count). The number of aromatic nitrogens is 1. The molecular weight excluding hydrogens is 350 g/mol. The van der Waals surface area contributed by atoms with Crippen LogP contribution in [-0.4, -0.2) is 15.8 Å². The van der Waals surface area contributed by atoms with Crippen molar-refractivity contribution in [1.29, 1.82) is 0 Å². The van der Waals surface area contributed by atoms with Gasteiger partial charge in [0.25, 0.3) is 11.6 Å². The van der Waals surface area contributed by atoms with Crippen LogP contribution in [0.2, 0.25) is 5.02 Å². The zero-order valence-corrected chi connectivity index (χ0v) is 14.4. The van der Waals surface area contributed by atoms with Crippen LogP contribution in [0.15, 0.2) is 30.3 Å². The highest BCUT2D eigenvalue weighted by atomic mass is 35.5. The Bertz CT molecular complexity index is 984. The van der Waals surface area contributed by atoms with Crippen molar-refractivity contribution in [2.75, 3.05) is 5.32 Å². The Morgan fingerprint density at radius 1 is 1.29 bits per heavy atom. The molecule has 0 saturated heterocycles. The molecule has 1 aromatic heterocycles. The van der Waals surface area contributed by atoms with E-state index in [1.807, 2.05) is 26.0 Å². The van der Waals surface area contributed by atoms with Gasteiger partial charge in [-0.2, -0.15) is 0 Å². The second-order valence-corrected chi connectivity index (χ2v) is 6.79. The van der Waals surface area contributed by atoms with Gasteiger partial charge >= 0.3 is 0 Å². The van der Waals surface area contributed by atoms with E-state index in [1.165, 1.54) is 23.5 Å². The first kappa shape index (κ1) is 16.4. The number of nitro groups is 1. The van der Waals surface area contributed by atoms with E-state index in [1.54, 1.807) is 0 Å². The van der Waals surface area contributed by atoms with E-state index >= 15 is 0 Å². The number of hydrogen-bond donors (Lipinski definition) is 1. The Morgan fingerprint density at radius 3 is 2.75 bits per heavy atom. The number of thiazole rings is 1. The first-order valence-corrected chi connectivity index (χ1v) is 8.17. The number of benzene rings is 2. The van der Waals surface area contributed by atoms with E-state index in [0.29, 0.717) is 5.13 Å². The van der Waals surface area contributed by atoms with Gasteiger partial charge in [0.2, 0.25) is 0 Å². The number of nitro benzene ring substituents is 1. The lowest BCUT2D eigenvalue weighted by Gasteiger charge is -2.03. The van der Waals surface area contributed by atoms with Gasteiger partial charge in [-0.3, -0.25) is 20.2 Å². The molecule has 1 amide bonds. The third kappa shape index (κ3) is 3.08. The molecule has 2 aromatic carbocycles. The SMILES string of the molecule is Cc1cc(C)c2nc(NC(=O)c3ccc(Cl)cc3[N+](=O)[O-])sc2c1. The summed E-state index contributed by atoms with van der Waals surface area (Å²) in [5.74, 6) is -0.591. The summed E-state index contributed by atoms with van der Waals surface area (Å²) >= 11 is 7.09. The van der Waals surface area contributed by atoms with E-state index in [9.17, 15) is 14.9 Å². The molecule has 0 fully saturated rings. The molecule has 122 valence electrons. The molecule has 8 heteroatoms. The number of carbonyl (C=O) groups is 1. The summed E-state index contributed by atoms with van der Waals surface area (Å²) in [6.07, 6.45) is 0.